The van der Waals surface area contributed by atoms with E-state index in [2.05, 4.69) is 26.7 Å². The van der Waals surface area contributed by atoms with Crippen molar-refractivity contribution < 1.29 is 0 Å². The highest BCUT2D eigenvalue weighted by molar-refractivity contribution is 5.85. The topological polar surface area (TPSA) is 96.5 Å². The van der Waals surface area contributed by atoms with Gasteiger partial charge in [0.1, 0.15) is 0 Å². The molecule has 0 atom stereocenters. The number of anilines is 1. The van der Waals surface area contributed by atoms with Gasteiger partial charge in [-0.2, -0.15) is 4.98 Å². The number of rotatable bonds is 3. The molecule has 0 bridgehead atoms. The third-order valence-electron chi connectivity index (χ3n) is 1.86. The van der Waals surface area contributed by atoms with Crippen molar-refractivity contribution >= 4 is 29.9 Å². The maximum absolute atomic E-state index is 11.5. The summed E-state index contributed by atoms with van der Waals surface area (Å²) in [5.41, 5.74) is 5.93. The first-order valence-electron chi connectivity index (χ1n) is 4.49. The van der Waals surface area contributed by atoms with Gasteiger partial charge in [0.05, 0.1) is 0 Å². The zero-order valence-corrected chi connectivity index (χ0v) is 8.74. The lowest BCUT2D eigenvalue weighted by atomic mass is 10.3. The fourth-order valence-corrected chi connectivity index (χ4v) is 0.953. The molecule has 15 heavy (non-hydrogen) atoms. The molecule has 3 N–H and O–H groups in total. The van der Waals surface area contributed by atoms with Crippen LogP contribution in [0.25, 0.3) is 0 Å². The Kier molecular flexibility index (Phi) is 3.33. The van der Waals surface area contributed by atoms with Crippen LogP contribution in [-0.2, 0) is 0 Å². The highest BCUT2D eigenvalue weighted by atomic mass is 16.1. The molecule has 0 radical (unpaired) electrons. The maximum atomic E-state index is 11.5. The molecule has 0 spiro atoms. The summed E-state index contributed by atoms with van der Waals surface area (Å²) in [6, 6.07) is 0. The molecular formula is C9H13N5O. The summed E-state index contributed by atoms with van der Waals surface area (Å²) in [7, 11) is 0. The predicted molar refractivity (Wildman–Crippen MR) is 61.5 cm³/mol. The molecule has 1 aromatic rings. The highest BCUT2D eigenvalue weighted by Crippen LogP contribution is 2.20. The zero-order valence-electron chi connectivity index (χ0n) is 8.74. The summed E-state index contributed by atoms with van der Waals surface area (Å²) in [5.74, 6) is 0.166. The number of aliphatic imine (C=N–C) groups is 2. The number of H-pyrrole nitrogens is 1. The van der Waals surface area contributed by atoms with E-state index in [1.54, 1.807) is 0 Å². The SMILES string of the molecule is C=Nc1nc(N)[nH]c(=O)c1N=C(C)CC. The third kappa shape index (κ3) is 2.49. The lowest BCUT2D eigenvalue weighted by molar-refractivity contribution is 1.11. The predicted octanol–water partition coefficient (Wildman–Crippen LogP) is 1.19. The molecular weight excluding hydrogens is 194 g/mol. The molecule has 6 heteroatoms. The number of aromatic amines is 1. The molecule has 0 aliphatic rings. The van der Waals surface area contributed by atoms with E-state index >= 15 is 0 Å². The Morgan fingerprint density at radius 2 is 2.33 bits per heavy atom. The van der Waals surface area contributed by atoms with Crippen LogP contribution in [-0.4, -0.2) is 22.4 Å². The summed E-state index contributed by atoms with van der Waals surface area (Å²) < 4.78 is 0. The van der Waals surface area contributed by atoms with E-state index in [-0.39, 0.29) is 17.5 Å². The quantitative estimate of drug-likeness (QED) is 0.728. The first kappa shape index (κ1) is 11.1. The van der Waals surface area contributed by atoms with Gasteiger partial charge in [-0.3, -0.25) is 9.78 Å². The number of hydrogen-bond acceptors (Lipinski definition) is 5. The molecule has 0 unspecified atom stereocenters. The molecule has 0 amide bonds. The molecule has 1 aromatic heterocycles. The molecule has 0 fully saturated rings. The first-order valence-corrected chi connectivity index (χ1v) is 4.49. The second-order valence-electron chi connectivity index (χ2n) is 2.98. The van der Waals surface area contributed by atoms with E-state index in [0.717, 1.165) is 12.1 Å². The number of nitrogens with zero attached hydrogens (tertiary/aromatic N) is 3. The standard InChI is InChI=1S/C9H13N5O/c1-4-5(2)12-6-7(11-3)13-9(10)14-8(6)15/h3-4H2,1-2H3,(H3,10,13,14,15). The third-order valence-corrected chi connectivity index (χ3v) is 1.86. The monoisotopic (exact) mass is 207 g/mol. The van der Waals surface area contributed by atoms with Crippen LogP contribution in [0.3, 0.4) is 0 Å². The Balaban J connectivity index is 3.40. The van der Waals surface area contributed by atoms with Crippen LogP contribution < -0.4 is 11.3 Å². The van der Waals surface area contributed by atoms with Crippen molar-refractivity contribution in [2.24, 2.45) is 9.98 Å². The minimum Gasteiger partial charge on any atom is -0.369 e. The Morgan fingerprint density at radius 3 is 2.87 bits per heavy atom. The number of nitrogens with one attached hydrogen (secondary N) is 1. The summed E-state index contributed by atoms with van der Waals surface area (Å²) in [4.78, 5) is 25.4. The average molecular weight is 207 g/mol. The van der Waals surface area contributed by atoms with E-state index in [1.165, 1.54) is 0 Å². The molecule has 80 valence electrons. The first-order chi connectivity index (χ1) is 7.08. The van der Waals surface area contributed by atoms with Crippen molar-refractivity contribution in [2.45, 2.75) is 20.3 Å². The summed E-state index contributed by atoms with van der Waals surface area (Å²) >= 11 is 0. The van der Waals surface area contributed by atoms with Crippen LogP contribution in [0.15, 0.2) is 14.8 Å². The Morgan fingerprint density at radius 1 is 1.67 bits per heavy atom. The van der Waals surface area contributed by atoms with Gasteiger partial charge >= 0.3 is 0 Å². The van der Waals surface area contributed by atoms with Crippen molar-refractivity contribution in [1.29, 1.82) is 0 Å². The van der Waals surface area contributed by atoms with Gasteiger partial charge in [0.2, 0.25) is 5.95 Å². The van der Waals surface area contributed by atoms with Gasteiger partial charge in [0.15, 0.2) is 11.5 Å². The van der Waals surface area contributed by atoms with Gasteiger partial charge in [-0.1, -0.05) is 6.92 Å². The van der Waals surface area contributed by atoms with Crippen LogP contribution in [0.4, 0.5) is 17.5 Å². The van der Waals surface area contributed by atoms with Gasteiger partial charge in [-0.25, -0.2) is 9.98 Å². The summed E-state index contributed by atoms with van der Waals surface area (Å²) in [6.07, 6.45) is 0.750. The second-order valence-corrected chi connectivity index (χ2v) is 2.98. The smallest absolute Gasteiger partial charge is 0.280 e. The number of aromatic nitrogens is 2. The molecule has 0 saturated carbocycles. The molecule has 1 heterocycles. The van der Waals surface area contributed by atoms with Crippen molar-refractivity contribution in [2.75, 3.05) is 5.73 Å². The maximum Gasteiger partial charge on any atom is 0.280 e. The minimum absolute atomic E-state index is 0.00972. The molecule has 6 nitrogen and oxygen atoms in total. The van der Waals surface area contributed by atoms with Gasteiger partial charge in [0.25, 0.3) is 5.56 Å². The average Bonchev–Trinajstić information content (AvgIpc) is 2.21. The largest absolute Gasteiger partial charge is 0.369 e. The van der Waals surface area contributed by atoms with E-state index in [0.29, 0.717) is 0 Å². The molecule has 0 aromatic carbocycles. The van der Waals surface area contributed by atoms with Crippen LogP contribution in [0.5, 0.6) is 0 Å². The van der Waals surface area contributed by atoms with Crippen LogP contribution in [0, 0.1) is 0 Å². The van der Waals surface area contributed by atoms with Crippen molar-refractivity contribution in [3.05, 3.63) is 10.4 Å². The van der Waals surface area contributed by atoms with Crippen LogP contribution >= 0.6 is 0 Å². The molecule has 0 saturated heterocycles. The van der Waals surface area contributed by atoms with E-state index in [1.807, 2.05) is 13.8 Å². The fraction of sp³-hybridized carbons (Fsp3) is 0.333. The normalized spacial score (nSPS) is 11.5. The molecule has 0 aliphatic carbocycles. The Labute approximate surface area is 87.0 Å². The lowest BCUT2D eigenvalue weighted by Crippen LogP contribution is -2.11. The van der Waals surface area contributed by atoms with Gasteiger partial charge in [-0.05, 0) is 20.1 Å². The van der Waals surface area contributed by atoms with Gasteiger partial charge in [0, 0.05) is 5.71 Å². The van der Waals surface area contributed by atoms with Crippen LogP contribution in [0.2, 0.25) is 0 Å². The molecule has 1 rings (SSSR count). The fourth-order valence-electron chi connectivity index (χ4n) is 0.953. The van der Waals surface area contributed by atoms with Crippen molar-refractivity contribution in [3.8, 4) is 0 Å². The van der Waals surface area contributed by atoms with Crippen molar-refractivity contribution in [3.63, 3.8) is 0 Å². The number of nitrogen functional groups attached to an aromatic ring is 1. The van der Waals surface area contributed by atoms with Crippen LogP contribution in [0.1, 0.15) is 20.3 Å². The Bertz CT molecular complexity index is 460. The van der Waals surface area contributed by atoms with Crippen molar-refractivity contribution in [1.82, 2.24) is 9.97 Å². The summed E-state index contributed by atoms with van der Waals surface area (Å²) in [5, 5.41) is 0. The lowest BCUT2D eigenvalue weighted by Gasteiger charge is -2.00. The van der Waals surface area contributed by atoms with E-state index < -0.39 is 5.56 Å². The van der Waals surface area contributed by atoms with E-state index in [9.17, 15) is 4.79 Å². The summed E-state index contributed by atoms with van der Waals surface area (Å²) in [6.45, 7) is 7.08. The van der Waals surface area contributed by atoms with E-state index in [4.69, 9.17) is 5.73 Å². The second kappa shape index (κ2) is 4.50. The number of nitrogens with two attached hydrogens (primary N) is 1. The highest BCUT2D eigenvalue weighted by Gasteiger charge is 2.07. The molecule has 0 aliphatic heterocycles. The Hall–Kier alpha value is -1.98. The zero-order chi connectivity index (χ0) is 11.4. The minimum atomic E-state index is -0.405. The number of hydrogen-bond donors (Lipinski definition) is 2. The van der Waals surface area contributed by atoms with Gasteiger partial charge in [-0.15, -0.1) is 0 Å². The van der Waals surface area contributed by atoms with Gasteiger partial charge < -0.3 is 5.73 Å².